The molecule has 2 fully saturated rings. The van der Waals surface area contributed by atoms with Gasteiger partial charge in [-0.3, -0.25) is 0 Å². The highest BCUT2D eigenvalue weighted by Gasteiger charge is 2.22. The Morgan fingerprint density at radius 2 is 1.92 bits per heavy atom. The number of hydrogen-bond acceptors (Lipinski definition) is 4. The number of amides is 2. The minimum Gasteiger partial charge on any atom is -0.376 e. The summed E-state index contributed by atoms with van der Waals surface area (Å²) in [7, 11) is 0. The quantitative estimate of drug-likeness (QED) is 0.889. The van der Waals surface area contributed by atoms with Gasteiger partial charge in [-0.2, -0.15) is 0 Å². The maximum Gasteiger partial charge on any atom is 0.319 e. The van der Waals surface area contributed by atoms with Crippen LogP contribution in [0, 0.1) is 0 Å². The molecule has 0 radical (unpaired) electrons. The van der Waals surface area contributed by atoms with Gasteiger partial charge in [0.05, 0.1) is 18.3 Å². The van der Waals surface area contributed by atoms with E-state index in [9.17, 15) is 4.79 Å². The van der Waals surface area contributed by atoms with Gasteiger partial charge in [0, 0.05) is 37.6 Å². The Labute approximate surface area is 143 Å². The van der Waals surface area contributed by atoms with Crippen molar-refractivity contribution in [2.75, 3.05) is 36.5 Å². The van der Waals surface area contributed by atoms with E-state index in [4.69, 9.17) is 9.47 Å². The number of anilines is 2. The predicted octanol–water partition coefficient (Wildman–Crippen LogP) is 2.60. The van der Waals surface area contributed by atoms with Gasteiger partial charge in [-0.05, 0) is 51.0 Å². The molecule has 24 heavy (non-hydrogen) atoms. The van der Waals surface area contributed by atoms with E-state index in [1.807, 2.05) is 24.3 Å². The van der Waals surface area contributed by atoms with Gasteiger partial charge in [-0.25, -0.2) is 4.79 Å². The van der Waals surface area contributed by atoms with Crippen molar-refractivity contribution in [1.82, 2.24) is 5.32 Å². The van der Waals surface area contributed by atoms with E-state index >= 15 is 0 Å². The van der Waals surface area contributed by atoms with Crippen LogP contribution >= 0.6 is 0 Å². The molecule has 0 bridgehead atoms. The molecule has 2 heterocycles. The molecule has 3 rings (SSSR count). The van der Waals surface area contributed by atoms with E-state index in [1.165, 1.54) is 0 Å². The third-order valence-corrected chi connectivity index (χ3v) is 4.42. The smallest absolute Gasteiger partial charge is 0.319 e. The lowest BCUT2D eigenvalue weighted by atomic mass is 10.2. The van der Waals surface area contributed by atoms with Crippen LogP contribution in [-0.2, 0) is 9.47 Å². The van der Waals surface area contributed by atoms with Gasteiger partial charge in [0.15, 0.2) is 0 Å². The van der Waals surface area contributed by atoms with Crippen LogP contribution in [0.3, 0.4) is 0 Å². The van der Waals surface area contributed by atoms with Gasteiger partial charge in [0.1, 0.15) is 0 Å². The first kappa shape index (κ1) is 17.0. The number of nitrogens with zero attached hydrogens (tertiary/aromatic N) is 1. The number of urea groups is 1. The van der Waals surface area contributed by atoms with Gasteiger partial charge >= 0.3 is 6.03 Å². The molecule has 1 aromatic rings. The van der Waals surface area contributed by atoms with Gasteiger partial charge in [-0.1, -0.05) is 0 Å². The molecule has 0 aromatic heterocycles. The number of hydrogen-bond donors (Lipinski definition) is 2. The molecule has 6 nitrogen and oxygen atoms in total. The van der Waals surface area contributed by atoms with Crippen LogP contribution in [0.25, 0.3) is 0 Å². The summed E-state index contributed by atoms with van der Waals surface area (Å²) in [6.45, 7) is 7.33. The van der Waals surface area contributed by atoms with E-state index in [-0.39, 0.29) is 24.3 Å². The van der Waals surface area contributed by atoms with Crippen molar-refractivity contribution >= 4 is 17.4 Å². The molecule has 3 atom stereocenters. The van der Waals surface area contributed by atoms with Crippen molar-refractivity contribution in [3.63, 3.8) is 0 Å². The molecule has 2 aliphatic rings. The second kappa shape index (κ2) is 7.85. The van der Waals surface area contributed by atoms with Crippen molar-refractivity contribution in [2.45, 2.75) is 45.0 Å². The molecular formula is C18H27N3O3. The normalized spacial score (nSPS) is 27.1. The van der Waals surface area contributed by atoms with E-state index < -0.39 is 0 Å². The zero-order valence-electron chi connectivity index (χ0n) is 14.5. The maximum absolute atomic E-state index is 11.9. The SMILES string of the molecule is C[C@@H]1CN(c2ccc(NC(=O)NC[C@@H]3CCCO3)cc2)C[C@@H](C)O1. The molecule has 2 saturated heterocycles. The van der Waals surface area contributed by atoms with Crippen LogP contribution in [-0.4, -0.2) is 50.6 Å². The molecule has 2 aliphatic heterocycles. The summed E-state index contributed by atoms with van der Waals surface area (Å²) in [6.07, 6.45) is 2.72. The highest BCUT2D eigenvalue weighted by atomic mass is 16.5. The van der Waals surface area contributed by atoms with Crippen LogP contribution in [0.4, 0.5) is 16.2 Å². The molecule has 6 heteroatoms. The minimum atomic E-state index is -0.188. The Morgan fingerprint density at radius 1 is 1.21 bits per heavy atom. The Bertz CT molecular complexity index is 533. The number of carbonyl (C=O) groups excluding carboxylic acids is 1. The lowest BCUT2D eigenvalue weighted by Gasteiger charge is -2.36. The Hall–Kier alpha value is -1.79. The van der Waals surface area contributed by atoms with Crippen LogP contribution in [0.1, 0.15) is 26.7 Å². The highest BCUT2D eigenvalue weighted by Crippen LogP contribution is 2.22. The van der Waals surface area contributed by atoms with Crippen LogP contribution in [0.2, 0.25) is 0 Å². The Kier molecular flexibility index (Phi) is 5.58. The van der Waals surface area contributed by atoms with E-state index in [2.05, 4.69) is 29.4 Å². The molecule has 2 amide bonds. The van der Waals surface area contributed by atoms with Gasteiger partial charge in [0.25, 0.3) is 0 Å². The predicted molar refractivity (Wildman–Crippen MR) is 94.7 cm³/mol. The first-order valence-electron chi connectivity index (χ1n) is 8.77. The fraction of sp³-hybridized carbons (Fsp3) is 0.611. The van der Waals surface area contributed by atoms with Crippen molar-refractivity contribution in [2.24, 2.45) is 0 Å². The lowest BCUT2D eigenvalue weighted by molar-refractivity contribution is -0.00521. The molecule has 0 spiro atoms. The third-order valence-electron chi connectivity index (χ3n) is 4.42. The number of carbonyl (C=O) groups is 1. The van der Waals surface area contributed by atoms with Gasteiger partial charge in [0.2, 0.25) is 0 Å². The summed E-state index contributed by atoms with van der Waals surface area (Å²) in [6, 6.07) is 7.77. The van der Waals surface area contributed by atoms with Crippen molar-refractivity contribution in [3.05, 3.63) is 24.3 Å². The highest BCUT2D eigenvalue weighted by molar-refractivity contribution is 5.89. The fourth-order valence-corrected chi connectivity index (χ4v) is 3.33. The second-order valence-corrected chi connectivity index (χ2v) is 6.68. The first-order valence-corrected chi connectivity index (χ1v) is 8.77. The molecule has 132 valence electrons. The summed E-state index contributed by atoms with van der Waals surface area (Å²) in [5, 5.41) is 5.73. The van der Waals surface area contributed by atoms with Crippen molar-refractivity contribution in [1.29, 1.82) is 0 Å². The van der Waals surface area contributed by atoms with E-state index in [0.717, 1.165) is 43.9 Å². The van der Waals surface area contributed by atoms with Crippen LogP contribution < -0.4 is 15.5 Å². The van der Waals surface area contributed by atoms with Crippen LogP contribution in [0.5, 0.6) is 0 Å². The number of benzene rings is 1. The Morgan fingerprint density at radius 3 is 2.54 bits per heavy atom. The summed E-state index contributed by atoms with van der Waals surface area (Å²) in [5.74, 6) is 0. The summed E-state index contributed by atoms with van der Waals surface area (Å²) >= 11 is 0. The number of rotatable bonds is 4. The monoisotopic (exact) mass is 333 g/mol. The number of morpholine rings is 1. The average molecular weight is 333 g/mol. The molecular weight excluding hydrogens is 306 g/mol. The second-order valence-electron chi connectivity index (χ2n) is 6.68. The standard InChI is InChI=1S/C18H27N3O3/c1-13-11-21(12-14(2)24-13)16-7-5-15(6-8-16)20-18(22)19-10-17-4-3-9-23-17/h5-8,13-14,17H,3-4,9-12H2,1-2H3,(H2,19,20,22)/t13-,14-,17+/m1/s1. The summed E-state index contributed by atoms with van der Waals surface area (Å²) in [5.41, 5.74) is 1.94. The summed E-state index contributed by atoms with van der Waals surface area (Å²) in [4.78, 5) is 14.3. The summed E-state index contributed by atoms with van der Waals surface area (Å²) < 4.78 is 11.3. The topological polar surface area (TPSA) is 62.8 Å². The van der Waals surface area contributed by atoms with Crippen molar-refractivity contribution in [3.8, 4) is 0 Å². The molecule has 2 N–H and O–H groups in total. The van der Waals surface area contributed by atoms with E-state index in [0.29, 0.717) is 6.54 Å². The fourth-order valence-electron chi connectivity index (χ4n) is 3.33. The van der Waals surface area contributed by atoms with Gasteiger partial charge in [-0.15, -0.1) is 0 Å². The van der Waals surface area contributed by atoms with Crippen molar-refractivity contribution < 1.29 is 14.3 Å². The molecule has 0 saturated carbocycles. The van der Waals surface area contributed by atoms with Gasteiger partial charge < -0.3 is 25.0 Å². The molecule has 0 aliphatic carbocycles. The van der Waals surface area contributed by atoms with E-state index in [1.54, 1.807) is 0 Å². The number of nitrogens with one attached hydrogen (secondary N) is 2. The first-order chi connectivity index (χ1) is 11.6. The lowest BCUT2D eigenvalue weighted by Crippen LogP contribution is -2.45. The largest absolute Gasteiger partial charge is 0.376 e. The maximum atomic E-state index is 11.9. The zero-order valence-corrected chi connectivity index (χ0v) is 14.5. The zero-order chi connectivity index (χ0) is 16.9. The Balaban J connectivity index is 1.49. The minimum absolute atomic E-state index is 0.156. The third kappa shape index (κ3) is 4.61. The molecule has 0 unspecified atom stereocenters. The average Bonchev–Trinajstić information content (AvgIpc) is 3.06. The number of ether oxygens (including phenoxy) is 2. The molecule has 1 aromatic carbocycles. The van der Waals surface area contributed by atoms with Crippen LogP contribution in [0.15, 0.2) is 24.3 Å².